The number of nitrogens with two attached hydrogens (primary N) is 1. The molecule has 43 heavy (non-hydrogen) atoms. The molecule has 0 unspecified atom stereocenters. The molecule has 5 N–H and O–H groups in total. The summed E-state index contributed by atoms with van der Waals surface area (Å²) in [6.07, 6.45) is 9.51. The molecule has 1 aliphatic carbocycles. The second-order valence-corrected chi connectivity index (χ2v) is 13.0. The van der Waals surface area contributed by atoms with E-state index in [9.17, 15) is 4.39 Å². The van der Waals surface area contributed by atoms with Crippen LogP contribution in [-0.2, 0) is 0 Å². The second kappa shape index (κ2) is 12.7. The van der Waals surface area contributed by atoms with Gasteiger partial charge in [0, 0.05) is 36.1 Å². The SMILES string of the molecule is C=C(NCC(C)(C)C)Nc1ccc(-c2cc3c(NC4CCCCC4)c(C(N)=Nc4cc(F)ccc4Cl)cnn3c2)c(C)c1. The summed E-state index contributed by atoms with van der Waals surface area (Å²) in [5.74, 6) is 0.560. The van der Waals surface area contributed by atoms with E-state index in [1.165, 1.54) is 37.5 Å². The van der Waals surface area contributed by atoms with E-state index in [1.807, 2.05) is 10.7 Å². The van der Waals surface area contributed by atoms with E-state index in [0.29, 0.717) is 16.6 Å². The maximum absolute atomic E-state index is 13.9. The molecule has 0 amide bonds. The van der Waals surface area contributed by atoms with Gasteiger partial charge in [0.25, 0.3) is 0 Å². The van der Waals surface area contributed by atoms with Crippen LogP contribution in [0.2, 0.25) is 5.02 Å². The number of benzene rings is 2. The minimum absolute atomic E-state index is 0.156. The van der Waals surface area contributed by atoms with E-state index in [-0.39, 0.29) is 16.9 Å². The van der Waals surface area contributed by atoms with Crippen molar-refractivity contribution in [3.8, 4) is 11.1 Å². The zero-order valence-electron chi connectivity index (χ0n) is 25.4. The molecule has 2 heterocycles. The standard InChI is InChI=1S/C34H41ClFN7/c1-21-15-26(40-22(2)38-20-34(3,4)5)12-13-27(21)23-16-31-32(41-25-9-7-6-8-10-25)28(18-39-43(31)19-23)33(37)42-30-17-24(36)11-14-29(30)35/h11-19,25,38,40-41H,2,6-10,20H2,1,3-5H3,(H2,37,42). The smallest absolute Gasteiger partial charge is 0.135 e. The number of aromatic nitrogens is 2. The molecule has 0 bridgehead atoms. The zero-order chi connectivity index (χ0) is 30.7. The van der Waals surface area contributed by atoms with Crippen molar-refractivity contribution in [2.24, 2.45) is 16.1 Å². The van der Waals surface area contributed by atoms with Crippen molar-refractivity contribution in [3.63, 3.8) is 0 Å². The Balaban J connectivity index is 1.49. The molecule has 2 aromatic carbocycles. The Labute approximate surface area is 258 Å². The fourth-order valence-corrected chi connectivity index (χ4v) is 5.58. The third kappa shape index (κ3) is 7.49. The third-order valence-electron chi connectivity index (χ3n) is 7.68. The summed E-state index contributed by atoms with van der Waals surface area (Å²) in [4.78, 5) is 4.50. The van der Waals surface area contributed by atoms with Gasteiger partial charge in [-0.15, -0.1) is 0 Å². The Kier molecular flexibility index (Phi) is 8.97. The molecule has 226 valence electrons. The van der Waals surface area contributed by atoms with Crippen LogP contribution in [0.25, 0.3) is 16.6 Å². The van der Waals surface area contributed by atoms with Crippen LogP contribution >= 0.6 is 11.6 Å². The van der Waals surface area contributed by atoms with Crippen molar-refractivity contribution in [3.05, 3.63) is 89.2 Å². The number of hydrogen-bond donors (Lipinski definition) is 4. The maximum atomic E-state index is 13.9. The molecular weight excluding hydrogens is 561 g/mol. The average molecular weight is 602 g/mol. The molecule has 9 heteroatoms. The summed E-state index contributed by atoms with van der Waals surface area (Å²) < 4.78 is 15.8. The van der Waals surface area contributed by atoms with Crippen LogP contribution in [-0.4, -0.2) is 28.0 Å². The summed E-state index contributed by atoms with van der Waals surface area (Å²) >= 11 is 6.30. The Hall–Kier alpha value is -4.04. The summed E-state index contributed by atoms with van der Waals surface area (Å²) in [6, 6.07) is 12.8. The van der Waals surface area contributed by atoms with Crippen LogP contribution in [0.5, 0.6) is 0 Å². The van der Waals surface area contributed by atoms with Crippen molar-refractivity contribution in [2.75, 3.05) is 17.2 Å². The fraction of sp³-hybridized carbons (Fsp3) is 0.353. The molecule has 4 aromatic rings. The summed E-state index contributed by atoms with van der Waals surface area (Å²) in [5, 5.41) is 15.5. The van der Waals surface area contributed by atoms with Gasteiger partial charge < -0.3 is 21.7 Å². The molecule has 1 aliphatic rings. The van der Waals surface area contributed by atoms with Gasteiger partial charge in [-0.3, -0.25) is 0 Å². The van der Waals surface area contributed by atoms with E-state index in [0.717, 1.165) is 58.8 Å². The van der Waals surface area contributed by atoms with E-state index >= 15 is 0 Å². The number of nitrogens with one attached hydrogen (secondary N) is 3. The first-order valence-electron chi connectivity index (χ1n) is 14.9. The minimum atomic E-state index is -0.427. The number of fused-ring (bicyclic) bond motifs is 1. The molecule has 0 radical (unpaired) electrons. The molecule has 0 atom stereocenters. The lowest BCUT2D eigenvalue weighted by atomic mass is 9.95. The van der Waals surface area contributed by atoms with E-state index in [4.69, 9.17) is 17.3 Å². The topological polar surface area (TPSA) is 91.8 Å². The fourth-order valence-electron chi connectivity index (χ4n) is 5.42. The number of halogens is 2. The van der Waals surface area contributed by atoms with E-state index < -0.39 is 5.82 Å². The highest BCUT2D eigenvalue weighted by atomic mass is 35.5. The van der Waals surface area contributed by atoms with Crippen molar-refractivity contribution in [1.29, 1.82) is 0 Å². The highest BCUT2D eigenvalue weighted by Crippen LogP contribution is 2.34. The predicted octanol–water partition coefficient (Wildman–Crippen LogP) is 8.40. The van der Waals surface area contributed by atoms with Crippen molar-refractivity contribution < 1.29 is 4.39 Å². The van der Waals surface area contributed by atoms with Crippen LogP contribution < -0.4 is 21.7 Å². The molecule has 2 aromatic heterocycles. The highest BCUT2D eigenvalue weighted by molar-refractivity contribution is 6.33. The van der Waals surface area contributed by atoms with Gasteiger partial charge in [-0.2, -0.15) is 5.10 Å². The van der Waals surface area contributed by atoms with Crippen LogP contribution in [0.3, 0.4) is 0 Å². The number of aryl methyl sites for hydroxylation is 1. The molecule has 7 nitrogen and oxygen atoms in total. The van der Waals surface area contributed by atoms with E-state index in [1.54, 1.807) is 6.20 Å². The first kappa shape index (κ1) is 30.4. The largest absolute Gasteiger partial charge is 0.383 e. The quantitative estimate of drug-likeness (QED) is 0.114. The lowest BCUT2D eigenvalue weighted by Gasteiger charge is -2.25. The minimum Gasteiger partial charge on any atom is -0.383 e. The highest BCUT2D eigenvalue weighted by Gasteiger charge is 2.20. The second-order valence-electron chi connectivity index (χ2n) is 12.6. The van der Waals surface area contributed by atoms with Gasteiger partial charge in [0.1, 0.15) is 11.7 Å². The van der Waals surface area contributed by atoms with Crippen LogP contribution in [0.15, 0.2) is 72.3 Å². The zero-order valence-corrected chi connectivity index (χ0v) is 26.2. The monoisotopic (exact) mass is 601 g/mol. The van der Waals surface area contributed by atoms with Crippen LogP contribution in [0.1, 0.15) is 64.0 Å². The lowest BCUT2D eigenvalue weighted by molar-refractivity contribution is 0.398. The predicted molar refractivity (Wildman–Crippen MR) is 178 cm³/mol. The molecule has 1 saturated carbocycles. The number of nitrogens with zero attached hydrogens (tertiary/aromatic N) is 3. The van der Waals surface area contributed by atoms with Gasteiger partial charge >= 0.3 is 0 Å². The number of rotatable bonds is 9. The summed E-state index contributed by atoms with van der Waals surface area (Å²) in [5.41, 5.74) is 13.6. The van der Waals surface area contributed by atoms with Crippen molar-refractivity contribution >= 4 is 40.0 Å². The third-order valence-corrected chi connectivity index (χ3v) is 8.00. The van der Waals surface area contributed by atoms with Gasteiger partial charge in [0.15, 0.2) is 0 Å². The van der Waals surface area contributed by atoms with Gasteiger partial charge in [0.05, 0.1) is 39.5 Å². The summed E-state index contributed by atoms with van der Waals surface area (Å²) in [6.45, 7) is 13.6. The van der Waals surface area contributed by atoms with Crippen LogP contribution in [0, 0.1) is 18.2 Å². The first-order valence-corrected chi connectivity index (χ1v) is 15.2. The summed E-state index contributed by atoms with van der Waals surface area (Å²) in [7, 11) is 0. The molecule has 0 saturated heterocycles. The van der Waals surface area contributed by atoms with Crippen molar-refractivity contribution in [2.45, 2.75) is 65.8 Å². The first-order chi connectivity index (χ1) is 20.5. The number of anilines is 2. The number of aliphatic imine (C=N–C) groups is 1. The van der Waals surface area contributed by atoms with Gasteiger partial charge in [-0.25, -0.2) is 13.9 Å². The number of hydrogen-bond acceptors (Lipinski definition) is 5. The van der Waals surface area contributed by atoms with Crippen LogP contribution in [0.4, 0.5) is 21.5 Å². The van der Waals surface area contributed by atoms with Gasteiger partial charge in [-0.05, 0) is 66.6 Å². The molecule has 5 rings (SSSR count). The Morgan fingerprint density at radius 2 is 1.91 bits per heavy atom. The Bertz CT molecular complexity index is 1660. The molecule has 0 aliphatic heterocycles. The lowest BCUT2D eigenvalue weighted by Crippen LogP contribution is -2.28. The van der Waals surface area contributed by atoms with E-state index in [2.05, 4.69) is 84.6 Å². The number of amidine groups is 1. The van der Waals surface area contributed by atoms with Gasteiger partial charge in [0.2, 0.25) is 0 Å². The molecule has 0 spiro atoms. The van der Waals surface area contributed by atoms with Crippen molar-refractivity contribution in [1.82, 2.24) is 14.9 Å². The average Bonchev–Trinajstić information content (AvgIpc) is 3.39. The van der Waals surface area contributed by atoms with Gasteiger partial charge in [-0.1, -0.05) is 64.3 Å². The normalized spacial score (nSPS) is 14.6. The Morgan fingerprint density at radius 1 is 1.14 bits per heavy atom. The maximum Gasteiger partial charge on any atom is 0.135 e. The Morgan fingerprint density at radius 3 is 2.63 bits per heavy atom. The molecule has 1 fully saturated rings. The molecular formula is C34H41ClFN7.